The maximum Gasteiger partial charge on any atom is 0.225 e. The van der Waals surface area contributed by atoms with Crippen LogP contribution in [0.1, 0.15) is 11.4 Å². The normalized spacial score (nSPS) is 16.7. The second-order valence-corrected chi connectivity index (χ2v) is 8.44. The molecule has 1 atom stereocenters. The van der Waals surface area contributed by atoms with Crippen molar-refractivity contribution < 1.29 is 4.74 Å². The number of hydrogen-bond acceptors (Lipinski definition) is 8. The zero-order valence-corrected chi connectivity index (χ0v) is 17.4. The Bertz CT molecular complexity index is 1130. The van der Waals surface area contributed by atoms with E-state index in [0.717, 1.165) is 45.3 Å². The molecule has 0 aliphatic carbocycles. The molecule has 4 heterocycles. The lowest BCUT2D eigenvalue weighted by atomic mass is 10.2. The van der Waals surface area contributed by atoms with Crippen molar-refractivity contribution in [2.45, 2.75) is 19.4 Å². The molecule has 1 saturated heterocycles. The van der Waals surface area contributed by atoms with Crippen LogP contribution in [-0.2, 0) is 4.74 Å². The summed E-state index contributed by atoms with van der Waals surface area (Å²) in [5.41, 5.74) is 2.68. The summed E-state index contributed by atoms with van der Waals surface area (Å²) in [6.45, 7) is 3.40. The summed E-state index contributed by atoms with van der Waals surface area (Å²) in [4.78, 5) is 9.11. The minimum absolute atomic E-state index is 0.243. The number of nitrogens with zero attached hydrogens (tertiary/aromatic N) is 6. The average molecular weight is 458 g/mol. The van der Waals surface area contributed by atoms with Gasteiger partial charge >= 0.3 is 0 Å². The van der Waals surface area contributed by atoms with Crippen molar-refractivity contribution in [1.29, 1.82) is 0 Å². The SMILES string of the molecule is Cc1nnc(-c2ccc(-n3nc(Br)c4cnc(N[C@@H]5CCOC5)nc43)cc2)s1. The summed E-state index contributed by atoms with van der Waals surface area (Å²) in [7, 11) is 0. The molecular formula is C18H16BrN7OS. The van der Waals surface area contributed by atoms with Crippen molar-refractivity contribution in [2.75, 3.05) is 18.5 Å². The molecule has 1 aliphatic rings. The lowest BCUT2D eigenvalue weighted by Crippen LogP contribution is -2.20. The Morgan fingerprint density at radius 1 is 1.25 bits per heavy atom. The Kier molecular flexibility index (Phi) is 4.53. The van der Waals surface area contributed by atoms with E-state index in [1.165, 1.54) is 0 Å². The first kappa shape index (κ1) is 17.7. The summed E-state index contributed by atoms with van der Waals surface area (Å²) < 4.78 is 7.93. The van der Waals surface area contributed by atoms with Gasteiger partial charge in [0, 0.05) is 18.4 Å². The summed E-state index contributed by atoms with van der Waals surface area (Å²) in [5.74, 6) is 0.581. The quantitative estimate of drug-likeness (QED) is 0.500. The highest BCUT2D eigenvalue weighted by molar-refractivity contribution is 9.10. The van der Waals surface area contributed by atoms with Crippen LogP contribution in [0.25, 0.3) is 27.3 Å². The fraction of sp³-hybridized carbons (Fsp3) is 0.278. The van der Waals surface area contributed by atoms with Crippen LogP contribution >= 0.6 is 27.3 Å². The fourth-order valence-corrected chi connectivity index (χ4v) is 4.24. The maximum absolute atomic E-state index is 5.41. The molecule has 3 aromatic heterocycles. The monoisotopic (exact) mass is 457 g/mol. The van der Waals surface area contributed by atoms with Crippen molar-refractivity contribution in [1.82, 2.24) is 29.9 Å². The van der Waals surface area contributed by atoms with Crippen molar-refractivity contribution in [2.24, 2.45) is 0 Å². The van der Waals surface area contributed by atoms with Gasteiger partial charge in [0.1, 0.15) is 14.6 Å². The van der Waals surface area contributed by atoms with Crippen LogP contribution in [0, 0.1) is 6.92 Å². The molecule has 28 heavy (non-hydrogen) atoms. The van der Waals surface area contributed by atoms with Gasteiger partial charge in [-0.2, -0.15) is 10.1 Å². The molecule has 5 rings (SSSR count). The Morgan fingerprint density at radius 3 is 2.82 bits per heavy atom. The van der Waals surface area contributed by atoms with Crippen LogP contribution in [0.4, 0.5) is 5.95 Å². The molecule has 1 aromatic carbocycles. The molecule has 8 nitrogen and oxygen atoms in total. The van der Waals surface area contributed by atoms with Gasteiger partial charge in [-0.25, -0.2) is 9.67 Å². The first-order valence-corrected chi connectivity index (χ1v) is 10.4. The molecule has 0 unspecified atom stereocenters. The fourth-order valence-electron chi connectivity index (χ4n) is 3.11. The number of anilines is 1. The Balaban J connectivity index is 1.50. The number of benzene rings is 1. The highest BCUT2D eigenvalue weighted by atomic mass is 79.9. The molecule has 4 aromatic rings. The number of halogens is 1. The van der Waals surface area contributed by atoms with Crippen molar-refractivity contribution >= 4 is 44.2 Å². The van der Waals surface area contributed by atoms with E-state index < -0.39 is 0 Å². The smallest absolute Gasteiger partial charge is 0.225 e. The second kappa shape index (κ2) is 7.19. The third-order valence-corrected chi connectivity index (χ3v) is 6.00. The zero-order valence-electron chi connectivity index (χ0n) is 15.0. The highest BCUT2D eigenvalue weighted by Gasteiger charge is 2.18. The number of ether oxygens (including phenoxy) is 1. The van der Waals surface area contributed by atoms with Gasteiger partial charge in [0.25, 0.3) is 0 Å². The zero-order chi connectivity index (χ0) is 19.1. The van der Waals surface area contributed by atoms with Gasteiger partial charge in [-0.05, 0) is 53.5 Å². The molecule has 0 saturated carbocycles. The molecular weight excluding hydrogens is 442 g/mol. The first-order chi connectivity index (χ1) is 13.7. The Labute approximate surface area is 173 Å². The van der Waals surface area contributed by atoms with E-state index in [2.05, 4.69) is 41.5 Å². The summed E-state index contributed by atoms with van der Waals surface area (Å²) in [6, 6.07) is 8.29. The number of aryl methyl sites for hydroxylation is 1. The summed E-state index contributed by atoms with van der Waals surface area (Å²) in [5, 5.41) is 18.9. The van der Waals surface area contributed by atoms with E-state index >= 15 is 0 Å². The van der Waals surface area contributed by atoms with E-state index in [1.54, 1.807) is 17.5 Å². The van der Waals surface area contributed by atoms with E-state index in [1.807, 2.05) is 35.9 Å². The van der Waals surface area contributed by atoms with E-state index in [0.29, 0.717) is 17.2 Å². The average Bonchev–Trinajstić information content (AvgIpc) is 3.44. The molecule has 1 fully saturated rings. The molecule has 0 amide bonds. The Morgan fingerprint density at radius 2 is 2.11 bits per heavy atom. The molecule has 1 aliphatic heterocycles. The molecule has 1 N–H and O–H groups in total. The van der Waals surface area contributed by atoms with Crippen LogP contribution in [0.15, 0.2) is 35.1 Å². The van der Waals surface area contributed by atoms with Crippen LogP contribution < -0.4 is 5.32 Å². The predicted octanol–water partition coefficient (Wildman–Crippen LogP) is 3.61. The standard InChI is InChI=1S/C18H16BrN7OS/c1-10-23-24-17(28-10)11-2-4-13(5-3-11)26-16-14(15(19)25-26)8-20-18(22-16)21-12-6-7-27-9-12/h2-5,8,12H,6-7,9H2,1H3,(H,20,21,22)/t12-/m1/s1. The molecule has 0 spiro atoms. The van der Waals surface area contributed by atoms with Gasteiger partial charge in [-0.15, -0.1) is 10.2 Å². The second-order valence-electron chi connectivity index (χ2n) is 6.51. The number of rotatable bonds is 4. The number of hydrogen-bond donors (Lipinski definition) is 1. The van der Waals surface area contributed by atoms with Gasteiger partial charge < -0.3 is 10.1 Å². The van der Waals surface area contributed by atoms with Crippen LogP contribution in [0.2, 0.25) is 0 Å². The van der Waals surface area contributed by atoms with Crippen LogP contribution in [0.3, 0.4) is 0 Å². The van der Waals surface area contributed by atoms with E-state index in [9.17, 15) is 0 Å². The predicted molar refractivity (Wildman–Crippen MR) is 111 cm³/mol. The number of nitrogens with one attached hydrogen (secondary N) is 1. The lowest BCUT2D eigenvalue weighted by molar-refractivity contribution is 0.195. The third-order valence-electron chi connectivity index (χ3n) is 4.53. The van der Waals surface area contributed by atoms with Gasteiger partial charge in [-0.1, -0.05) is 11.3 Å². The number of aromatic nitrogens is 6. The molecule has 10 heteroatoms. The van der Waals surface area contributed by atoms with Gasteiger partial charge in [0.2, 0.25) is 5.95 Å². The summed E-state index contributed by atoms with van der Waals surface area (Å²) in [6.07, 6.45) is 2.74. The highest BCUT2D eigenvalue weighted by Crippen LogP contribution is 2.28. The molecule has 142 valence electrons. The summed E-state index contributed by atoms with van der Waals surface area (Å²) >= 11 is 5.09. The lowest BCUT2D eigenvalue weighted by Gasteiger charge is -2.10. The minimum atomic E-state index is 0.243. The van der Waals surface area contributed by atoms with E-state index in [4.69, 9.17) is 9.72 Å². The van der Waals surface area contributed by atoms with Crippen molar-refractivity contribution in [3.8, 4) is 16.3 Å². The van der Waals surface area contributed by atoms with Gasteiger partial charge in [-0.3, -0.25) is 0 Å². The first-order valence-electron chi connectivity index (χ1n) is 8.84. The van der Waals surface area contributed by atoms with Gasteiger partial charge in [0.15, 0.2) is 5.65 Å². The largest absolute Gasteiger partial charge is 0.379 e. The minimum Gasteiger partial charge on any atom is -0.379 e. The third kappa shape index (κ3) is 3.27. The Hall–Kier alpha value is -2.43. The van der Waals surface area contributed by atoms with E-state index in [-0.39, 0.29) is 6.04 Å². The van der Waals surface area contributed by atoms with Crippen molar-refractivity contribution in [3.05, 3.63) is 40.1 Å². The van der Waals surface area contributed by atoms with Crippen LogP contribution in [-0.4, -0.2) is 49.2 Å². The topological polar surface area (TPSA) is 90.6 Å². The molecule has 0 radical (unpaired) electrons. The maximum atomic E-state index is 5.41. The van der Waals surface area contributed by atoms with Crippen LogP contribution in [0.5, 0.6) is 0 Å². The molecule has 0 bridgehead atoms. The number of fused-ring (bicyclic) bond motifs is 1. The van der Waals surface area contributed by atoms with Crippen molar-refractivity contribution in [3.63, 3.8) is 0 Å². The van der Waals surface area contributed by atoms with Gasteiger partial charge in [0.05, 0.1) is 23.7 Å².